The number of hydrogen-bond donors (Lipinski definition) is 0. The second kappa shape index (κ2) is 7.07. The van der Waals surface area contributed by atoms with Gasteiger partial charge in [0, 0.05) is 18.5 Å². The van der Waals surface area contributed by atoms with E-state index in [0.717, 1.165) is 4.90 Å². The molecule has 18 heavy (non-hydrogen) atoms. The zero-order valence-electron chi connectivity index (χ0n) is 11.1. The maximum atomic E-state index is 11.8. The highest BCUT2D eigenvalue weighted by molar-refractivity contribution is 8.00. The van der Waals surface area contributed by atoms with E-state index < -0.39 is 0 Å². The molecule has 0 heterocycles. The van der Waals surface area contributed by atoms with Gasteiger partial charge in [-0.2, -0.15) is 5.26 Å². The van der Waals surface area contributed by atoms with Gasteiger partial charge in [-0.1, -0.05) is 17.7 Å². The van der Waals surface area contributed by atoms with Crippen molar-refractivity contribution in [1.82, 2.24) is 4.90 Å². The predicted molar refractivity (Wildman–Crippen MR) is 74.5 cm³/mol. The Balaban J connectivity index is 2.52. The molecule has 0 aliphatic carbocycles. The van der Waals surface area contributed by atoms with Crippen LogP contribution in [-0.4, -0.2) is 30.2 Å². The zero-order valence-corrected chi connectivity index (χ0v) is 11.9. The van der Waals surface area contributed by atoms with Gasteiger partial charge in [-0.05, 0) is 25.5 Å². The number of nitriles is 1. The maximum absolute atomic E-state index is 11.8. The average Bonchev–Trinajstić information content (AvgIpc) is 2.36. The van der Waals surface area contributed by atoms with Crippen LogP contribution in [0, 0.1) is 25.2 Å². The van der Waals surface area contributed by atoms with Crippen LogP contribution in [0.1, 0.15) is 17.5 Å². The number of aryl methyl sites for hydroxylation is 2. The van der Waals surface area contributed by atoms with Crippen LogP contribution in [0.3, 0.4) is 0 Å². The molecule has 1 amide bonds. The lowest BCUT2D eigenvalue weighted by Crippen LogP contribution is -2.29. The normalized spacial score (nSPS) is 9.89. The lowest BCUT2D eigenvalue weighted by atomic mass is 10.2. The van der Waals surface area contributed by atoms with Gasteiger partial charge in [0.1, 0.15) is 0 Å². The van der Waals surface area contributed by atoms with Crippen molar-refractivity contribution in [3.63, 3.8) is 0 Å². The van der Waals surface area contributed by atoms with Crippen LogP contribution >= 0.6 is 11.8 Å². The van der Waals surface area contributed by atoms with Gasteiger partial charge in [-0.3, -0.25) is 4.79 Å². The van der Waals surface area contributed by atoms with Crippen LogP contribution in [-0.2, 0) is 4.79 Å². The maximum Gasteiger partial charge on any atom is 0.232 e. The summed E-state index contributed by atoms with van der Waals surface area (Å²) in [6.07, 6.45) is 0.385. The van der Waals surface area contributed by atoms with Crippen LogP contribution in [0.5, 0.6) is 0 Å². The van der Waals surface area contributed by atoms with Crippen molar-refractivity contribution in [2.75, 3.05) is 19.3 Å². The Bertz CT molecular complexity index is 465. The van der Waals surface area contributed by atoms with Gasteiger partial charge >= 0.3 is 0 Å². The fourth-order valence-corrected chi connectivity index (χ4v) is 2.52. The smallest absolute Gasteiger partial charge is 0.232 e. The van der Waals surface area contributed by atoms with Crippen molar-refractivity contribution < 1.29 is 4.79 Å². The molecule has 0 aliphatic rings. The summed E-state index contributed by atoms with van der Waals surface area (Å²) in [5, 5.41) is 8.48. The Hall–Kier alpha value is -1.47. The quantitative estimate of drug-likeness (QED) is 0.766. The molecule has 0 aliphatic heterocycles. The first-order valence-corrected chi connectivity index (χ1v) is 6.84. The third-order valence-electron chi connectivity index (χ3n) is 2.68. The van der Waals surface area contributed by atoms with Gasteiger partial charge in [0.25, 0.3) is 0 Å². The van der Waals surface area contributed by atoms with Crippen LogP contribution in [0.15, 0.2) is 23.1 Å². The Morgan fingerprint density at radius 1 is 1.44 bits per heavy atom. The van der Waals surface area contributed by atoms with Crippen molar-refractivity contribution in [3.8, 4) is 6.07 Å². The Kier molecular flexibility index (Phi) is 5.73. The van der Waals surface area contributed by atoms with Gasteiger partial charge in [0.2, 0.25) is 5.91 Å². The third kappa shape index (κ3) is 4.42. The minimum Gasteiger partial charge on any atom is -0.344 e. The van der Waals surface area contributed by atoms with E-state index in [4.69, 9.17) is 5.26 Å². The van der Waals surface area contributed by atoms with Gasteiger partial charge in [-0.25, -0.2) is 0 Å². The lowest BCUT2D eigenvalue weighted by Gasteiger charge is -2.15. The molecular weight excluding hydrogens is 244 g/mol. The minimum atomic E-state index is 0.0659. The van der Waals surface area contributed by atoms with Crippen LogP contribution < -0.4 is 0 Å². The van der Waals surface area contributed by atoms with Crippen LogP contribution in [0.25, 0.3) is 0 Å². The molecule has 3 nitrogen and oxygen atoms in total. The van der Waals surface area contributed by atoms with Gasteiger partial charge < -0.3 is 4.90 Å². The molecule has 0 saturated heterocycles. The zero-order chi connectivity index (χ0) is 13.5. The van der Waals surface area contributed by atoms with Crippen molar-refractivity contribution in [2.45, 2.75) is 25.2 Å². The highest BCUT2D eigenvalue weighted by Crippen LogP contribution is 2.23. The van der Waals surface area contributed by atoms with Gasteiger partial charge in [0.05, 0.1) is 18.2 Å². The summed E-state index contributed by atoms with van der Waals surface area (Å²) < 4.78 is 0. The van der Waals surface area contributed by atoms with E-state index in [1.54, 1.807) is 23.7 Å². The van der Waals surface area contributed by atoms with E-state index in [2.05, 4.69) is 18.2 Å². The molecule has 0 atom stereocenters. The fraction of sp³-hybridized carbons (Fsp3) is 0.429. The largest absolute Gasteiger partial charge is 0.344 e. The minimum absolute atomic E-state index is 0.0659. The van der Waals surface area contributed by atoms with Crippen LogP contribution in [0.2, 0.25) is 0 Å². The summed E-state index contributed by atoms with van der Waals surface area (Å²) in [4.78, 5) is 14.6. The van der Waals surface area contributed by atoms with Crippen molar-refractivity contribution >= 4 is 17.7 Å². The summed E-state index contributed by atoms with van der Waals surface area (Å²) in [5.74, 6) is 0.489. The third-order valence-corrected chi connectivity index (χ3v) is 3.82. The van der Waals surface area contributed by atoms with E-state index in [1.807, 2.05) is 19.9 Å². The number of nitrogens with zero attached hydrogens (tertiary/aromatic N) is 2. The van der Waals surface area contributed by atoms with Gasteiger partial charge in [-0.15, -0.1) is 11.8 Å². The van der Waals surface area contributed by atoms with Crippen molar-refractivity contribution in [2.24, 2.45) is 0 Å². The molecule has 1 aromatic carbocycles. The number of amides is 1. The standard InChI is InChI=1S/C14H18N2OS/c1-11-5-6-12(2)13(9-11)18-10-14(17)16(3)8-4-7-15/h5-6,9H,4,8,10H2,1-3H3. The number of carbonyl (C=O) groups excluding carboxylic acids is 1. The average molecular weight is 262 g/mol. The van der Waals surface area contributed by atoms with Crippen LogP contribution in [0.4, 0.5) is 0 Å². The highest BCUT2D eigenvalue weighted by Gasteiger charge is 2.09. The molecule has 1 aromatic rings. The van der Waals surface area contributed by atoms with E-state index in [1.165, 1.54) is 11.1 Å². The second-order valence-electron chi connectivity index (χ2n) is 4.28. The number of rotatable bonds is 5. The summed E-state index contributed by atoms with van der Waals surface area (Å²) >= 11 is 1.56. The van der Waals surface area contributed by atoms with E-state index in [0.29, 0.717) is 18.7 Å². The van der Waals surface area contributed by atoms with Crippen molar-refractivity contribution in [1.29, 1.82) is 5.26 Å². The molecule has 0 fully saturated rings. The highest BCUT2D eigenvalue weighted by atomic mass is 32.2. The molecule has 0 saturated carbocycles. The number of hydrogen-bond acceptors (Lipinski definition) is 3. The molecule has 1 rings (SSSR count). The molecule has 0 radical (unpaired) electrons. The van der Waals surface area contributed by atoms with E-state index in [-0.39, 0.29) is 5.91 Å². The number of benzene rings is 1. The second-order valence-corrected chi connectivity index (χ2v) is 5.30. The molecular formula is C14H18N2OS. The van der Waals surface area contributed by atoms with E-state index >= 15 is 0 Å². The first-order chi connectivity index (χ1) is 8.54. The molecule has 0 unspecified atom stereocenters. The summed E-state index contributed by atoms with van der Waals surface area (Å²) in [6.45, 7) is 4.60. The molecule has 0 spiro atoms. The lowest BCUT2D eigenvalue weighted by molar-refractivity contribution is -0.127. The Morgan fingerprint density at radius 2 is 2.17 bits per heavy atom. The Labute approximate surface area is 113 Å². The summed E-state index contributed by atoms with van der Waals surface area (Å²) in [5.41, 5.74) is 2.39. The number of carbonyl (C=O) groups is 1. The first kappa shape index (κ1) is 14.6. The monoisotopic (exact) mass is 262 g/mol. The van der Waals surface area contributed by atoms with E-state index in [9.17, 15) is 4.79 Å². The summed E-state index contributed by atoms with van der Waals surface area (Å²) in [6, 6.07) is 8.28. The Morgan fingerprint density at radius 3 is 2.83 bits per heavy atom. The van der Waals surface area contributed by atoms with Gasteiger partial charge in [0.15, 0.2) is 0 Å². The molecule has 96 valence electrons. The molecule has 4 heteroatoms. The topological polar surface area (TPSA) is 44.1 Å². The fourth-order valence-electron chi connectivity index (χ4n) is 1.45. The predicted octanol–water partition coefficient (Wildman–Crippen LogP) is 2.77. The number of thioether (sulfide) groups is 1. The SMILES string of the molecule is Cc1ccc(C)c(SCC(=O)N(C)CCC#N)c1. The first-order valence-electron chi connectivity index (χ1n) is 5.85. The molecule has 0 N–H and O–H groups in total. The van der Waals surface area contributed by atoms with Crippen molar-refractivity contribution in [3.05, 3.63) is 29.3 Å². The molecule has 0 aromatic heterocycles. The summed E-state index contributed by atoms with van der Waals surface area (Å²) in [7, 11) is 1.74. The molecule has 0 bridgehead atoms.